The molecular formula is C30H40N2O6. The van der Waals surface area contributed by atoms with Crippen molar-refractivity contribution < 1.29 is 28.6 Å². The van der Waals surface area contributed by atoms with Gasteiger partial charge in [0.1, 0.15) is 18.0 Å². The van der Waals surface area contributed by atoms with Crippen molar-refractivity contribution in [1.82, 2.24) is 9.47 Å². The van der Waals surface area contributed by atoms with Crippen LogP contribution in [-0.2, 0) is 22.9 Å². The van der Waals surface area contributed by atoms with Crippen molar-refractivity contribution in [3.63, 3.8) is 0 Å². The van der Waals surface area contributed by atoms with Crippen molar-refractivity contribution in [3.05, 3.63) is 52.8 Å². The lowest BCUT2D eigenvalue weighted by Crippen LogP contribution is -2.50. The van der Waals surface area contributed by atoms with E-state index in [1.807, 2.05) is 36.7 Å². The summed E-state index contributed by atoms with van der Waals surface area (Å²) in [4.78, 5) is 39.5. The lowest BCUT2D eigenvalue weighted by atomic mass is 9.95. The molecule has 0 unspecified atom stereocenters. The van der Waals surface area contributed by atoms with Crippen LogP contribution in [0.1, 0.15) is 92.5 Å². The standard InChI is InChI=1S/C30H40N2O6/c1-20-17-21(11-14-26(20)36-6)9-7-8-10-25(33)24-13-12-23(31(24)5)22-15-16-30(18-22)19-37-27(34)32(30)28(35)38-29(2,3)4/h11-14,17,22H,7-10,15-16,18-19H2,1-6H3/t22-,30+/m0/s1. The van der Waals surface area contributed by atoms with E-state index >= 15 is 0 Å². The van der Waals surface area contributed by atoms with Gasteiger partial charge in [-0.05, 0) is 95.5 Å². The number of imide groups is 1. The smallest absolute Gasteiger partial charge is 0.420 e. The summed E-state index contributed by atoms with van der Waals surface area (Å²) in [6.45, 7) is 7.54. The Morgan fingerprint density at radius 2 is 1.92 bits per heavy atom. The molecule has 2 aliphatic rings. The number of carbonyl (C=O) groups is 3. The number of nitrogens with zero attached hydrogens (tertiary/aromatic N) is 2. The second-order valence-electron chi connectivity index (χ2n) is 11.7. The van der Waals surface area contributed by atoms with Gasteiger partial charge in [0.15, 0.2) is 5.78 Å². The second kappa shape index (κ2) is 10.8. The van der Waals surface area contributed by atoms with Gasteiger partial charge in [0, 0.05) is 25.1 Å². The molecule has 4 rings (SSSR count). The van der Waals surface area contributed by atoms with Gasteiger partial charge in [-0.15, -0.1) is 0 Å². The van der Waals surface area contributed by atoms with Crippen molar-refractivity contribution >= 4 is 18.0 Å². The van der Waals surface area contributed by atoms with Crippen molar-refractivity contribution in [2.24, 2.45) is 7.05 Å². The maximum atomic E-state index is 13.0. The highest BCUT2D eigenvalue weighted by atomic mass is 16.6. The molecule has 206 valence electrons. The molecule has 0 radical (unpaired) electrons. The van der Waals surface area contributed by atoms with Crippen LogP contribution in [0.4, 0.5) is 9.59 Å². The molecular weight excluding hydrogens is 484 g/mol. The second-order valence-corrected chi connectivity index (χ2v) is 11.7. The zero-order chi connectivity index (χ0) is 27.7. The zero-order valence-corrected chi connectivity index (χ0v) is 23.5. The van der Waals surface area contributed by atoms with Gasteiger partial charge in [0.2, 0.25) is 0 Å². The Bertz CT molecular complexity index is 1210. The van der Waals surface area contributed by atoms with Crippen LogP contribution in [0.3, 0.4) is 0 Å². The molecule has 2 atom stereocenters. The van der Waals surface area contributed by atoms with Crippen LogP contribution in [-0.4, -0.2) is 52.3 Å². The number of hydrogen-bond acceptors (Lipinski definition) is 6. The highest BCUT2D eigenvalue weighted by molar-refractivity contribution is 5.95. The zero-order valence-electron chi connectivity index (χ0n) is 23.5. The summed E-state index contributed by atoms with van der Waals surface area (Å²) in [6, 6.07) is 10.1. The average molecular weight is 525 g/mol. The Balaban J connectivity index is 1.35. The predicted octanol–water partition coefficient (Wildman–Crippen LogP) is 6.33. The van der Waals surface area contributed by atoms with Crippen LogP contribution >= 0.6 is 0 Å². The van der Waals surface area contributed by atoms with Crippen LogP contribution in [0.5, 0.6) is 5.75 Å². The van der Waals surface area contributed by atoms with Crippen LogP contribution < -0.4 is 4.74 Å². The fourth-order valence-electron chi connectivity index (χ4n) is 5.84. The first-order valence-electron chi connectivity index (χ1n) is 13.5. The fourth-order valence-corrected chi connectivity index (χ4v) is 5.84. The average Bonchev–Trinajstić information content (AvgIpc) is 3.52. The molecule has 8 heteroatoms. The number of ether oxygens (including phenoxy) is 3. The highest BCUT2D eigenvalue weighted by Gasteiger charge is 2.56. The van der Waals surface area contributed by atoms with Crippen LogP contribution in [0.25, 0.3) is 0 Å². The fraction of sp³-hybridized carbons (Fsp3) is 0.567. The normalized spacial score (nSPS) is 21.2. The number of hydrogen-bond donors (Lipinski definition) is 0. The van der Waals surface area contributed by atoms with E-state index in [1.165, 1.54) is 10.5 Å². The molecule has 2 amide bonds. The van der Waals surface area contributed by atoms with E-state index in [0.717, 1.165) is 42.7 Å². The molecule has 1 saturated heterocycles. The van der Waals surface area contributed by atoms with Gasteiger partial charge in [-0.25, -0.2) is 14.5 Å². The summed E-state index contributed by atoms with van der Waals surface area (Å²) in [5.74, 6) is 1.13. The number of benzene rings is 1. The molecule has 1 aromatic carbocycles. The predicted molar refractivity (Wildman–Crippen MR) is 144 cm³/mol. The first-order valence-corrected chi connectivity index (χ1v) is 13.5. The molecule has 1 saturated carbocycles. The number of Topliss-reactive ketones (excluding diaryl/α,β-unsaturated/α-hetero) is 1. The summed E-state index contributed by atoms with van der Waals surface area (Å²) in [7, 11) is 3.60. The van der Waals surface area contributed by atoms with E-state index in [2.05, 4.69) is 12.1 Å². The molecule has 1 aliphatic heterocycles. The summed E-state index contributed by atoms with van der Waals surface area (Å²) in [5, 5.41) is 0. The van der Waals surface area contributed by atoms with E-state index in [1.54, 1.807) is 27.9 Å². The number of aromatic nitrogens is 1. The molecule has 1 spiro atoms. The minimum absolute atomic E-state index is 0.110. The maximum Gasteiger partial charge on any atom is 0.420 e. The Morgan fingerprint density at radius 1 is 1.16 bits per heavy atom. The molecule has 0 N–H and O–H groups in total. The highest BCUT2D eigenvalue weighted by Crippen LogP contribution is 2.47. The molecule has 2 aromatic rings. The topological polar surface area (TPSA) is 87.1 Å². The van der Waals surface area contributed by atoms with Crippen LogP contribution in [0.2, 0.25) is 0 Å². The van der Waals surface area contributed by atoms with Crippen molar-refractivity contribution in [1.29, 1.82) is 0 Å². The number of cyclic esters (lactones) is 1. The van der Waals surface area contributed by atoms with Crippen molar-refractivity contribution in [3.8, 4) is 5.75 Å². The Kier molecular flexibility index (Phi) is 7.90. The SMILES string of the molecule is COc1ccc(CCCCC(=O)c2ccc([C@H]3CC[C@]4(COC(=O)N4C(=O)OC(C)(C)C)C3)n2C)cc1C. The first kappa shape index (κ1) is 27.7. The molecule has 1 aliphatic carbocycles. The van der Waals surface area contributed by atoms with Gasteiger partial charge in [-0.2, -0.15) is 0 Å². The van der Waals surface area contributed by atoms with Gasteiger partial charge in [-0.1, -0.05) is 12.1 Å². The van der Waals surface area contributed by atoms with Gasteiger partial charge < -0.3 is 18.8 Å². The third kappa shape index (κ3) is 5.74. The molecule has 8 nitrogen and oxygen atoms in total. The lowest BCUT2D eigenvalue weighted by Gasteiger charge is -2.32. The van der Waals surface area contributed by atoms with Crippen molar-refractivity contribution in [2.45, 2.75) is 89.7 Å². The van der Waals surface area contributed by atoms with Gasteiger partial charge in [0.25, 0.3) is 0 Å². The van der Waals surface area contributed by atoms with Gasteiger partial charge in [-0.3, -0.25) is 4.79 Å². The summed E-state index contributed by atoms with van der Waals surface area (Å²) in [5.41, 5.74) is 2.69. The number of methoxy groups -OCH3 is 1. The number of ketones is 1. The van der Waals surface area contributed by atoms with Crippen LogP contribution in [0.15, 0.2) is 30.3 Å². The molecule has 0 bridgehead atoms. The molecule has 38 heavy (non-hydrogen) atoms. The minimum Gasteiger partial charge on any atom is -0.496 e. The third-order valence-corrected chi connectivity index (χ3v) is 7.72. The van der Waals surface area contributed by atoms with E-state index in [9.17, 15) is 14.4 Å². The summed E-state index contributed by atoms with van der Waals surface area (Å²) < 4.78 is 18.1. The molecule has 2 heterocycles. The van der Waals surface area contributed by atoms with E-state index in [0.29, 0.717) is 25.0 Å². The number of rotatable bonds is 8. The van der Waals surface area contributed by atoms with E-state index in [4.69, 9.17) is 14.2 Å². The molecule has 1 aromatic heterocycles. The maximum absolute atomic E-state index is 13.0. The Hall–Kier alpha value is -3.29. The monoisotopic (exact) mass is 524 g/mol. The van der Waals surface area contributed by atoms with Crippen LogP contribution in [0, 0.1) is 6.92 Å². The van der Waals surface area contributed by atoms with E-state index < -0.39 is 23.3 Å². The number of unbranched alkanes of at least 4 members (excludes halogenated alkanes) is 1. The minimum atomic E-state index is -0.710. The number of carbonyl (C=O) groups excluding carboxylic acids is 3. The summed E-state index contributed by atoms with van der Waals surface area (Å²) >= 11 is 0. The van der Waals surface area contributed by atoms with Crippen molar-refractivity contribution in [2.75, 3.05) is 13.7 Å². The summed E-state index contributed by atoms with van der Waals surface area (Å²) in [6.07, 6.45) is 3.90. The first-order chi connectivity index (χ1) is 17.9. The van der Waals surface area contributed by atoms with Gasteiger partial charge >= 0.3 is 12.2 Å². The van der Waals surface area contributed by atoms with Gasteiger partial charge in [0.05, 0.1) is 18.3 Å². The molecule has 2 fully saturated rings. The Morgan fingerprint density at radius 3 is 2.61 bits per heavy atom. The number of aryl methyl sites for hydroxylation is 2. The van der Waals surface area contributed by atoms with E-state index in [-0.39, 0.29) is 18.3 Å². The lowest BCUT2D eigenvalue weighted by molar-refractivity contribution is 0.0191. The number of amides is 2. The third-order valence-electron chi connectivity index (χ3n) is 7.72. The largest absolute Gasteiger partial charge is 0.496 e. The quantitative estimate of drug-likeness (QED) is 0.296. The Labute approximate surface area is 225 Å².